The number of benzene rings is 1. The van der Waals surface area contributed by atoms with Gasteiger partial charge in [0.25, 0.3) is 0 Å². The smallest absolute Gasteiger partial charge is 0.141 e. The highest BCUT2D eigenvalue weighted by molar-refractivity contribution is 9.10. The Morgan fingerprint density at radius 1 is 1.05 bits per heavy atom. The Labute approximate surface area is 133 Å². The number of halogens is 1. The van der Waals surface area contributed by atoms with Crippen LogP contribution in [-0.4, -0.2) is 19.2 Å². The lowest BCUT2D eigenvalue weighted by molar-refractivity contribution is 0.385. The van der Waals surface area contributed by atoms with Crippen LogP contribution in [0.2, 0.25) is 0 Å². The van der Waals surface area contributed by atoms with Crippen molar-refractivity contribution in [1.29, 1.82) is 0 Å². The van der Waals surface area contributed by atoms with Crippen LogP contribution >= 0.6 is 15.9 Å². The van der Waals surface area contributed by atoms with Crippen LogP contribution in [0.25, 0.3) is 0 Å². The van der Waals surface area contributed by atoms with Crippen LogP contribution in [0.15, 0.2) is 28.7 Å². The molecule has 1 aromatic heterocycles. The van der Waals surface area contributed by atoms with E-state index in [0.717, 1.165) is 27.0 Å². The second-order valence-electron chi connectivity index (χ2n) is 4.81. The van der Waals surface area contributed by atoms with Gasteiger partial charge in [0.1, 0.15) is 16.0 Å². The number of rotatable bonds is 4. The number of methoxy groups -OCH3 is 2. The molecular weight excluding hydrogens is 332 g/mol. The molecule has 1 atom stereocenters. The number of pyridine rings is 1. The minimum absolute atomic E-state index is 0.310. The van der Waals surface area contributed by atoms with E-state index in [9.17, 15) is 0 Å². The summed E-state index contributed by atoms with van der Waals surface area (Å²) in [4.78, 5) is 4.47. The fourth-order valence-electron chi connectivity index (χ4n) is 2.36. The first-order chi connectivity index (χ1) is 9.99. The molecule has 1 heterocycles. The van der Waals surface area contributed by atoms with Gasteiger partial charge in [-0.1, -0.05) is 6.07 Å². The molecule has 0 bridgehead atoms. The van der Waals surface area contributed by atoms with Gasteiger partial charge in [-0.15, -0.1) is 0 Å². The van der Waals surface area contributed by atoms with Gasteiger partial charge in [0.2, 0.25) is 0 Å². The maximum atomic E-state index is 6.42. The fourth-order valence-corrected chi connectivity index (χ4v) is 3.04. The Kier molecular flexibility index (Phi) is 4.85. The van der Waals surface area contributed by atoms with E-state index in [1.807, 2.05) is 38.1 Å². The molecule has 4 nitrogen and oxygen atoms in total. The van der Waals surface area contributed by atoms with Crippen molar-refractivity contribution >= 4 is 15.9 Å². The third kappa shape index (κ3) is 3.04. The van der Waals surface area contributed by atoms with Gasteiger partial charge >= 0.3 is 0 Å². The first-order valence-corrected chi connectivity index (χ1v) is 7.39. The average molecular weight is 351 g/mol. The SMILES string of the molecule is COc1ccc(C(N)c2ccc(C)nc2C)c(OC)c1Br. The van der Waals surface area contributed by atoms with E-state index in [4.69, 9.17) is 15.2 Å². The van der Waals surface area contributed by atoms with Crippen molar-refractivity contribution in [3.05, 3.63) is 51.3 Å². The van der Waals surface area contributed by atoms with E-state index < -0.39 is 0 Å². The van der Waals surface area contributed by atoms with Crippen molar-refractivity contribution in [2.24, 2.45) is 5.73 Å². The first-order valence-electron chi connectivity index (χ1n) is 6.59. The number of aryl methyl sites for hydroxylation is 2. The van der Waals surface area contributed by atoms with Crippen LogP contribution in [0.4, 0.5) is 0 Å². The lowest BCUT2D eigenvalue weighted by Gasteiger charge is -2.20. The summed E-state index contributed by atoms with van der Waals surface area (Å²) in [6.07, 6.45) is 0. The second kappa shape index (κ2) is 6.45. The minimum Gasteiger partial charge on any atom is -0.495 e. The van der Waals surface area contributed by atoms with E-state index in [0.29, 0.717) is 11.5 Å². The molecule has 2 rings (SSSR count). The maximum Gasteiger partial charge on any atom is 0.141 e. The number of nitrogens with two attached hydrogens (primary N) is 1. The van der Waals surface area contributed by atoms with Crippen molar-refractivity contribution in [2.75, 3.05) is 14.2 Å². The molecule has 112 valence electrons. The topological polar surface area (TPSA) is 57.4 Å². The van der Waals surface area contributed by atoms with Gasteiger partial charge in [0.15, 0.2) is 0 Å². The average Bonchev–Trinajstić information content (AvgIpc) is 2.46. The summed E-state index contributed by atoms with van der Waals surface area (Å²) in [5, 5.41) is 0. The highest BCUT2D eigenvalue weighted by Crippen LogP contribution is 2.40. The molecule has 0 spiro atoms. The molecule has 21 heavy (non-hydrogen) atoms. The van der Waals surface area contributed by atoms with Gasteiger partial charge in [-0.2, -0.15) is 0 Å². The lowest BCUT2D eigenvalue weighted by Crippen LogP contribution is -2.15. The predicted molar refractivity (Wildman–Crippen MR) is 87.0 cm³/mol. The molecule has 1 unspecified atom stereocenters. The van der Waals surface area contributed by atoms with Gasteiger partial charge in [-0.3, -0.25) is 4.98 Å². The van der Waals surface area contributed by atoms with Crippen LogP contribution < -0.4 is 15.2 Å². The minimum atomic E-state index is -0.310. The molecule has 0 aliphatic rings. The Morgan fingerprint density at radius 2 is 1.71 bits per heavy atom. The second-order valence-corrected chi connectivity index (χ2v) is 5.60. The lowest BCUT2D eigenvalue weighted by atomic mass is 9.97. The van der Waals surface area contributed by atoms with Crippen molar-refractivity contribution in [3.8, 4) is 11.5 Å². The number of hydrogen-bond donors (Lipinski definition) is 1. The predicted octanol–water partition coefficient (Wildman–Crippen LogP) is 3.53. The number of nitrogens with zero attached hydrogens (tertiary/aromatic N) is 1. The zero-order valence-electron chi connectivity index (χ0n) is 12.6. The number of aromatic nitrogens is 1. The van der Waals surface area contributed by atoms with Crippen molar-refractivity contribution in [1.82, 2.24) is 4.98 Å². The van der Waals surface area contributed by atoms with Gasteiger partial charge in [0, 0.05) is 17.0 Å². The molecule has 0 fully saturated rings. The van der Waals surface area contributed by atoms with Crippen LogP contribution in [-0.2, 0) is 0 Å². The van der Waals surface area contributed by atoms with Gasteiger partial charge in [-0.25, -0.2) is 0 Å². The third-order valence-corrected chi connectivity index (χ3v) is 4.20. The summed E-state index contributed by atoms with van der Waals surface area (Å²) in [5.41, 5.74) is 10.2. The van der Waals surface area contributed by atoms with E-state index in [-0.39, 0.29) is 6.04 Å². The van der Waals surface area contributed by atoms with Crippen molar-refractivity contribution in [2.45, 2.75) is 19.9 Å². The third-order valence-electron chi connectivity index (χ3n) is 3.45. The quantitative estimate of drug-likeness (QED) is 0.916. The first kappa shape index (κ1) is 15.8. The van der Waals surface area contributed by atoms with Crippen molar-refractivity contribution in [3.63, 3.8) is 0 Å². The monoisotopic (exact) mass is 350 g/mol. The molecule has 0 amide bonds. The highest BCUT2D eigenvalue weighted by atomic mass is 79.9. The van der Waals surface area contributed by atoms with E-state index in [1.165, 1.54) is 0 Å². The standard InChI is InChI=1S/C16H19BrN2O2/c1-9-5-6-11(10(2)19-9)15(18)12-7-8-13(20-3)14(17)16(12)21-4/h5-8,15H,18H2,1-4H3. The van der Waals surface area contributed by atoms with Crippen LogP contribution in [0.5, 0.6) is 11.5 Å². The zero-order valence-corrected chi connectivity index (χ0v) is 14.2. The molecule has 0 aliphatic heterocycles. The molecule has 0 saturated heterocycles. The van der Waals surface area contributed by atoms with Gasteiger partial charge < -0.3 is 15.2 Å². The van der Waals surface area contributed by atoms with Gasteiger partial charge in [0.05, 0.1) is 20.3 Å². The van der Waals surface area contributed by atoms with E-state index >= 15 is 0 Å². The largest absolute Gasteiger partial charge is 0.495 e. The molecule has 5 heteroatoms. The maximum absolute atomic E-state index is 6.42. The Bertz CT molecular complexity index is 659. The van der Waals surface area contributed by atoms with Crippen LogP contribution in [0.1, 0.15) is 28.6 Å². The molecule has 2 N–H and O–H groups in total. The molecule has 0 aliphatic carbocycles. The molecule has 0 saturated carbocycles. The summed E-state index contributed by atoms with van der Waals surface area (Å²) < 4.78 is 11.5. The Morgan fingerprint density at radius 3 is 2.29 bits per heavy atom. The summed E-state index contributed by atoms with van der Waals surface area (Å²) >= 11 is 3.50. The molecule has 1 aromatic carbocycles. The molecule has 2 aromatic rings. The summed E-state index contributed by atoms with van der Waals surface area (Å²) in [6.45, 7) is 3.93. The van der Waals surface area contributed by atoms with E-state index in [2.05, 4.69) is 20.9 Å². The fraction of sp³-hybridized carbons (Fsp3) is 0.312. The number of ether oxygens (including phenoxy) is 2. The highest BCUT2D eigenvalue weighted by Gasteiger charge is 2.20. The van der Waals surface area contributed by atoms with Crippen LogP contribution in [0.3, 0.4) is 0 Å². The van der Waals surface area contributed by atoms with E-state index in [1.54, 1.807) is 14.2 Å². The normalized spacial score (nSPS) is 12.1. The Balaban J connectivity index is 2.52. The molecular formula is C16H19BrN2O2. The summed E-state index contributed by atoms with van der Waals surface area (Å²) in [6, 6.07) is 7.47. The van der Waals surface area contributed by atoms with Crippen LogP contribution in [0, 0.1) is 13.8 Å². The Hall–Kier alpha value is -1.59. The summed E-state index contributed by atoms with van der Waals surface area (Å²) in [5.74, 6) is 1.39. The summed E-state index contributed by atoms with van der Waals surface area (Å²) in [7, 11) is 3.24. The number of hydrogen-bond acceptors (Lipinski definition) is 4. The van der Waals surface area contributed by atoms with Crippen molar-refractivity contribution < 1.29 is 9.47 Å². The zero-order chi connectivity index (χ0) is 15.6. The molecule has 0 radical (unpaired) electrons. The van der Waals surface area contributed by atoms with Gasteiger partial charge in [-0.05, 0) is 53.5 Å².